The number of hydrogen-bond donors (Lipinski definition) is 2. The van der Waals surface area contributed by atoms with Crippen LogP contribution in [-0.2, 0) is 19.6 Å². The first kappa shape index (κ1) is 13.0. The Bertz CT molecular complexity index is 512. The van der Waals surface area contributed by atoms with Crippen molar-refractivity contribution in [3.8, 4) is 0 Å². The molecular weight excluding hydrogens is 262 g/mol. The lowest BCUT2D eigenvalue weighted by Gasteiger charge is -2.33. The van der Waals surface area contributed by atoms with Gasteiger partial charge in [0.05, 0.1) is 38.2 Å². The average Bonchev–Trinajstić information content (AvgIpc) is 2.82. The van der Waals surface area contributed by atoms with Gasteiger partial charge in [0.2, 0.25) is 0 Å². The molecule has 8 nitrogen and oxygen atoms in total. The van der Waals surface area contributed by atoms with Gasteiger partial charge in [0.25, 0.3) is 10.0 Å². The number of carboxylic acid groups (broad SMARTS) is 1. The molecule has 0 aliphatic carbocycles. The monoisotopic (exact) mass is 275 g/mol. The molecule has 2 heterocycles. The summed E-state index contributed by atoms with van der Waals surface area (Å²) in [6.45, 7) is 0.475. The Hall–Kier alpha value is -1.45. The van der Waals surface area contributed by atoms with Crippen LogP contribution in [0.25, 0.3) is 0 Å². The second-order valence-electron chi connectivity index (χ2n) is 3.86. The van der Waals surface area contributed by atoms with Crippen molar-refractivity contribution >= 4 is 16.0 Å². The van der Waals surface area contributed by atoms with Crippen LogP contribution in [0.5, 0.6) is 0 Å². The van der Waals surface area contributed by atoms with E-state index in [9.17, 15) is 13.2 Å². The second-order valence-corrected chi connectivity index (χ2v) is 5.72. The van der Waals surface area contributed by atoms with E-state index in [-0.39, 0.29) is 31.2 Å². The zero-order valence-electron chi connectivity index (χ0n) is 9.44. The van der Waals surface area contributed by atoms with Crippen molar-refractivity contribution in [1.82, 2.24) is 14.3 Å². The highest BCUT2D eigenvalue weighted by Crippen LogP contribution is 2.20. The molecule has 1 unspecified atom stereocenters. The zero-order valence-corrected chi connectivity index (χ0v) is 10.3. The summed E-state index contributed by atoms with van der Waals surface area (Å²) in [6, 6.07) is -0.690. The van der Waals surface area contributed by atoms with Gasteiger partial charge < -0.3 is 14.8 Å². The van der Waals surface area contributed by atoms with Crippen LogP contribution in [0.1, 0.15) is 6.42 Å². The van der Waals surface area contributed by atoms with E-state index in [2.05, 4.69) is 9.97 Å². The molecule has 0 aromatic carbocycles. The Morgan fingerprint density at radius 1 is 1.67 bits per heavy atom. The number of ether oxygens (including phenoxy) is 1. The van der Waals surface area contributed by atoms with E-state index in [0.29, 0.717) is 0 Å². The summed E-state index contributed by atoms with van der Waals surface area (Å²) in [7, 11) is -3.74. The number of imidazole rings is 1. The number of aromatic amines is 1. The number of carboxylic acids is 1. The van der Waals surface area contributed by atoms with Gasteiger partial charge in [-0.05, 0) is 0 Å². The fourth-order valence-electron chi connectivity index (χ4n) is 1.83. The van der Waals surface area contributed by atoms with Gasteiger partial charge in [0.1, 0.15) is 0 Å². The third kappa shape index (κ3) is 2.52. The standard InChI is InChI=1S/C9H13N3O5S/c13-9(14)3-7-5-17-2-1-12(7)18(15,16)8-4-10-6-11-8/h4,6-7H,1-3,5H2,(H,10,11)(H,13,14). The minimum atomic E-state index is -3.74. The van der Waals surface area contributed by atoms with Crippen molar-refractivity contribution in [2.75, 3.05) is 19.8 Å². The van der Waals surface area contributed by atoms with E-state index in [4.69, 9.17) is 9.84 Å². The van der Waals surface area contributed by atoms with Crippen molar-refractivity contribution in [2.24, 2.45) is 0 Å². The van der Waals surface area contributed by atoms with Crippen LogP contribution in [0.3, 0.4) is 0 Å². The number of hydrogen-bond acceptors (Lipinski definition) is 5. The molecular formula is C9H13N3O5S. The van der Waals surface area contributed by atoms with Crippen LogP contribution < -0.4 is 0 Å². The molecule has 0 radical (unpaired) electrons. The summed E-state index contributed by atoms with van der Waals surface area (Å²) in [6.07, 6.45) is 2.18. The first-order valence-corrected chi connectivity index (χ1v) is 6.75. The lowest BCUT2D eigenvalue weighted by atomic mass is 10.2. The molecule has 1 aliphatic rings. The number of aromatic nitrogens is 2. The van der Waals surface area contributed by atoms with Gasteiger partial charge in [-0.2, -0.15) is 4.31 Å². The quantitative estimate of drug-likeness (QED) is 0.749. The lowest BCUT2D eigenvalue weighted by Crippen LogP contribution is -2.49. The number of H-pyrrole nitrogens is 1. The van der Waals surface area contributed by atoms with Crippen LogP contribution in [-0.4, -0.2) is 59.6 Å². The summed E-state index contributed by atoms with van der Waals surface area (Å²) >= 11 is 0. The fraction of sp³-hybridized carbons (Fsp3) is 0.556. The Balaban J connectivity index is 2.26. The average molecular weight is 275 g/mol. The zero-order chi connectivity index (χ0) is 13.2. The molecule has 1 aromatic heterocycles. The molecule has 0 saturated carbocycles. The smallest absolute Gasteiger partial charge is 0.305 e. The number of nitrogens with zero attached hydrogens (tertiary/aromatic N) is 2. The number of morpholine rings is 1. The Morgan fingerprint density at radius 2 is 2.44 bits per heavy atom. The molecule has 9 heteroatoms. The van der Waals surface area contributed by atoms with Gasteiger partial charge >= 0.3 is 5.97 Å². The fourth-order valence-corrected chi connectivity index (χ4v) is 3.32. The van der Waals surface area contributed by atoms with Gasteiger partial charge in [0, 0.05) is 6.54 Å². The van der Waals surface area contributed by atoms with Crippen molar-refractivity contribution in [3.63, 3.8) is 0 Å². The normalized spacial score (nSPS) is 21.9. The molecule has 100 valence electrons. The number of aliphatic carboxylic acids is 1. The maximum Gasteiger partial charge on any atom is 0.305 e. The van der Waals surface area contributed by atoms with Crippen LogP contribution in [0.4, 0.5) is 0 Å². The summed E-state index contributed by atoms with van der Waals surface area (Å²) in [4.78, 5) is 16.9. The van der Waals surface area contributed by atoms with Crippen molar-refractivity contribution in [3.05, 3.63) is 12.5 Å². The lowest BCUT2D eigenvalue weighted by molar-refractivity contribution is -0.139. The van der Waals surface area contributed by atoms with Gasteiger partial charge in [0.15, 0.2) is 5.03 Å². The highest BCUT2D eigenvalue weighted by atomic mass is 32.2. The van der Waals surface area contributed by atoms with Gasteiger partial charge in [-0.15, -0.1) is 0 Å². The Kier molecular flexibility index (Phi) is 3.64. The third-order valence-corrected chi connectivity index (χ3v) is 4.52. The number of nitrogens with one attached hydrogen (secondary N) is 1. The summed E-state index contributed by atoms with van der Waals surface area (Å²) in [5.74, 6) is -1.06. The van der Waals surface area contributed by atoms with Crippen LogP contribution >= 0.6 is 0 Å². The molecule has 0 bridgehead atoms. The number of sulfonamides is 1. The predicted molar refractivity (Wildman–Crippen MR) is 59.3 cm³/mol. The predicted octanol–water partition coefficient (Wildman–Crippen LogP) is -0.726. The maximum absolute atomic E-state index is 12.2. The van der Waals surface area contributed by atoms with E-state index < -0.39 is 22.0 Å². The van der Waals surface area contributed by atoms with Crippen molar-refractivity contribution in [1.29, 1.82) is 0 Å². The minimum Gasteiger partial charge on any atom is -0.481 e. The largest absolute Gasteiger partial charge is 0.481 e. The van der Waals surface area contributed by atoms with Gasteiger partial charge in [-0.1, -0.05) is 0 Å². The molecule has 1 atom stereocenters. The molecule has 1 aliphatic heterocycles. The van der Waals surface area contributed by atoms with Crippen LogP contribution in [0, 0.1) is 0 Å². The summed E-state index contributed by atoms with van der Waals surface area (Å²) in [5, 5.41) is 8.74. The summed E-state index contributed by atoms with van der Waals surface area (Å²) in [5.41, 5.74) is 0. The third-order valence-electron chi connectivity index (χ3n) is 2.64. The number of rotatable bonds is 4. The Labute approximate surface area is 104 Å². The highest BCUT2D eigenvalue weighted by molar-refractivity contribution is 7.89. The molecule has 1 fully saturated rings. The minimum absolute atomic E-state index is 0.0419. The second kappa shape index (κ2) is 5.04. The van der Waals surface area contributed by atoms with Gasteiger partial charge in [-0.3, -0.25) is 4.79 Å². The molecule has 2 N–H and O–H groups in total. The van der Waals surface area contributed by atoms with Crippen LogP contribution in [0.2, 0.25) is 0 Å². The Morgan fingerprint density at radius 3 is 3.06 bits per heavy atom. The SMILES string of the molecule is O=C(O)CC1COCCN1S(=O)(=O)c1cnc[nH]1. The molecule has 0 spiro atoms. The first-order chi connectivity index (χ1) is 8.51. The van der Waals surface area contributed by atoms with Crippen molar-refractivity contribution < 1.29 is 23.1 Å². The first-order valence-electron chi connectivity index (χ1n) is 5.31. The topological polar surface area (TPSA) is 113 Å². The van der Waals surface area contributed by atoms with Gasteiger partial charge in [-0.25, -0.2) is 13.4 Å². The molecule has 2 rings (SSSR count). The highest BCUT2D eigenvalue weighted by Gasteiger charge is 2.35. The molecule has 1 aromatic rings. The summed E-state index contributed by atoms with van der Waals surface area (Å²) < 4.78 is 30.8. The van der Waals surface area contributed by atoms with E-state index in [1.165, 1.54) is 12.5 Å². The van der Waals surface area contributed by atoms with E-state index in [1.807, 2.05) is 0 Å². The maximum atomic E-state index is 12.2. The van der Waals surface area contributed by atoms with Crippen LogP contribution in [0.15, 0.2) is 17.6 Å². The van der Waals surface area contributed by atoms with E-state index in [1.54, 1.807) is 0 Å². The molecule has 18 heavy (non-hydrogen) atoms. The van der Waals surface area contributed by atoms with E-state index in [0.717, 1.165) is 4.31 Å². The molecule has 0 amide bonds. The van der Waals surface area contributed by atoms with E-state index >= 15 is 0 Å². The number of carbonyl (C=O) groups is 1. The van der Waals surface area contributed by atoms with Crippen molar-refractivity contribution in [2.45, 2.75) is 17.5 Å². The molecule has 1 saturated heterocycles.